The highest BCUT2D eigenvalue weighted by Crippen LogP contribution is 2.37. The highest BCUT2D eigenvalue weighted by atomic mass is 19.1. The zero-order valence-corrected chi connectivity index (χ0v) is 8.68. The van der Waals surface area contributed by atoms with Gasteiger partial charge in [0.15, 0.2) is 0 Å². The average molecular weight is 204 g/mol. The summed E-state index contributed by atoms with van der Waals surface area (Å²) in [5.41, 5.74) is 0.788. The largest absolute Gasteiger partial charge is 0.312 e. The van der Waals surface area contributed by atoms with E-state index in [0.29, 0.717) is 5.69 Å². The molecule has 78 valence electrons. The van der Waals surface area contributed by atoms with Crippen LogP contribution >= 0.6 is 0 Å². The first-order chi connectivity index (χ1) is 7.15. The maximum Gasteiger partial charge on any atom is 0.305 e. The van der Waals surface area contributed by atoms with Crippen molar-refractivity contribution in [3.8, 4) is 0 Å². The molecule has 0 bridgehead atoms. The topological polar surface area (TPSA) is 16.4 Å². The monoisotopic (exact) mass is 204 g/mol. The minimum atomic E-state index is -0.546. The van der Waals surface area contributed by atoms with Crippen molar-refractivity contribution in [1.29, 1.82) is 0 Å². The highest BCUT2D eigenvalue weighted by molar-refractivity contribution is 5.49. The van der Waals surface area contributed by atoms with E-state index in [-0.39, 0.29) is 5.82 Å². The number of rotatable bonds is 2. The Morgan fingerprint density at radius 3 is 2.67 bits per heavy atom. The van der Waals surface area contributed by atoms with E-state index in [1.807, 2.05) is 13.0 Å². The predicted molar refractivity (Wildman–Crippen MR) is 57.9 cm³/mol. The molecule has 0 radical (unpaired) electrons. The Morgan fingerprint density at radius 1 is 1.47 bits per heavy atom. The molecule has 1 saturated carbocycles. The summed E-state index contributed by atoms with van der Waals surface area (Å²) in [5, 5.41) is 3.01. The quantitative estimate of drug-likeness (QED) is 0.731. The van der Waals surface area contributed by atoms with Crippen LogP contribution in [0.15, 0.2) is 18.2 Å². The van der Waals surface area contributed by atoms with Crippen LogP contribution in [-0.4, -0.2) is 5.66 Å². The van der Waals surface area contributed by atoms with E-state index in [9.17, 15) is 4.39 Å². The molecule has 0 unspecified atom stereocenters. The number of aryl methyl sites for hydroxylation is 1. The Labute approximate surface area is 88.9 Å². The second-order valence-electron chi connectivity index (χ2n) is 4.11. The van der Waals surface area contributed by atoms with Crippen molar-refractivity contribution in [3.05, 3.63) is 41.0 Å². The van der Waals surface area contributed by atoms with E-state index in [4.69, 9.17) is 6.57 Å². The Hall–Kier alpha value is -1.56. The van der Waals surface area contributed by atoms with Gasteiger partial charge in [-0.15, -0.1) is 0 Å². The van der Waals surface area contributed by atoms with Gasteiger partial charge in [0.1, 0.15) is 5.82 Å². The minimum absolute atomic E-state index is 0.273. The summed E-state index contributed by atoms with van der Waals surface area (Å²) < 4.78 is 13.5. The Kier molecular flexibility index (Phi) is 2.36. The zero-order chi connectivity index (χ0) is 10.9. The molecule has 0 saturated heterocycles. The van der Waals surface area contributed by atoms with E-state index in [1.54, 1.807) is 6.07 Å². The molecule has 0 spiro atoms. The van der Waals surface area contributed by atoms with Gasteiger partial charge in [0.25, 0.3) is 0 Å². The molecule has 1 aromatic rings. The molecule has 1 fully saturated rings. The third kappa shape index (κ3) is 1.80. The number of nitrogens with zero attached hydrogens (tertiary/aromatic N) is 1. The van der Waals surface area contributed by atoms with Gasteiger partial charge >= 0.3 is 5.66 Å². The molecule has 1 aromatic carbocycles. The lowest BCUT2D eigenvalue weighted by atomic mass is 9.85. The van der Waals surface area contributed by atoms with E-state index in [1.165, 1.54) is 6.07 Å². The molecule has 3 heteroatoms. The van der Waals surface area contributed by atoms with Crippen LogP contribution in [0.2, 0.25) is 0 Å². The molecule has 1 aliphatic carbocycles. The summed E-state index contributed by atoms with van der Waals surface area (Å²) in [6, 6.07) is 5.04. The van der Waals surface area contributed by atoms with Gasteiger partial charge in [-0.2, -0.15) is 0 Å². The molecule has 0 aliphatic heterocycles. The fourth-order valence-corrected chi connectivity index (χ4v) is 1.75. The van der Waals surface area contributed by atoms with Crippen molar-refractivity contribution < 1.29 is 4.39 Å². The summed E-state index contributed by atoms with van der Waals surface area (Å²) >= 11 is 0. The number of hydrogen-bond acceptors (Lipinski definition) is 1. The van der Waals surface area contributed by atoms with Crippen LogP contribution in [-0.2, 0) is 0 Å². The van der Waals surface area contributed by atoms with Gasteiger partial charge < -0.3 is 5.32 Å². The molecular weight excluding hydrogens is 191 g/mol. The molecular formula is C12H13FN2. The maximum atomic E-state index is 13.5. The lowest BCUT2D eigenvalue weighted by Crippen LogP contribution is -2.41. The van der Waals surface area contributed by atoms with Crippen LogP contribution < -0.4 is 5.32 Å². The van der Waals surface area contributed by atoms with E-state index < -0.39 is 5.66 Å². The summed E-state index contributed by atoms with van der Waals surface area (Å²) in [6.45, 7) is 8.96. The van der Waals surface area contributed by atoms with Crippen molar-refractivity contribution in [2.45, 2.75) is 31.8 Å². The first kappa shape index (κ1) is 9.97. The number of halogens is 1. The average Bonchev–Trinajstić information content (AvgIpc) is 2.14. The van der Waals surface area contributed by atoms with Crippen LogP contribution in [0.3, 0.4) is 0 Å². The van der Waals surface area contributed by atoms with E-state index in [0.717, 1.165) is 24.8 Å². The van der Waals surface area contributed by atoms with Gasteiger partial charge in [-0.05, 0) is 31.0 Å². The van der Waals surface area contributed by atoms with Gasteiger partial charge in [0, 0.05) is 12.8 Å². The zero-order valence-electron chi connectivity index (χ0n) is 8.68. The van der Waals surface area contributed by atoms with Crippen molar-refractivity contribution >= 4 is 5.69 Å². The lowest BCUT2D eigenvalue weighted by Gasteiger charge is -2.31. The molecule has 2 nitrogen and oxygen atoms in total. The SMILES string of the molecule is [C-]#[N+]C1(Nc2ccc(C)cc2F)CCC1. The minimum Gasteiger partial charge on any atom is -0.312 e. The van der Waals surface area contributed by atoms with Gasteiger partial charge in [-0.25, -0.2) is 11.0 Å². The first-order valence-corrected chi connectivity index (χ1v) is 5.08. The summed E-state index contributed by atoms with van der Waals surface area (Å²) in [4.78, 5) is 3.56. The Morgan fingerprint density at radius 2 is 2.20 bits per heavy atom. The smallest absolute Gasteiger partial charge is 0.305 e. The number of anilines is 1. The number of benzene rings is 1. The summed E-state index contributed by atoms with van der Waals surface area (Å²) in [5.74, 6) is -0.273. The maximum absolute atomic E-state index is 13.5. The molecule has 0 amide bonds. The van der Waals surface area contributed by atoms with Crippen LogP contribution in [0.1, 0.15) is 24.8 Å². The summed E-state index contributed by atoms with van der Waals surface area (Å²) in [7, 11) is 0. The van der Waals surface area contributed by atoms with Crippen LogP contribution in [0.25, 0.3) is 4.85 Å². The van der Waals surface area contributed by atoms with Crippen molar-refractivity contribution in [1.82, 2.24) is 0 Å². The van der Waals surface area contributed by atoms with E-state index in [2.05, 4.69) is 10.2 Å². The predicted octanol–water partition coefficient (Wildman–Crippen LogP) is 3.35. The first-order valence-electron chi connectivity index (χ1n) is 5.08. The Bertz CT molecular complexity index is 416. The third-order valence-corrected chi connectivity index (χ3v) is 2.89. The third-order valence-electron chi connectivity index (χ3n) is 2.89. The highest BCUT2D eigenvalue weighted by Gasteiger charge is 2.44. The molecule has 15 heavy (non-hydrogen) atoms. The van der Waals surface area contributed by atoms with Crippen molar-refractivity contribution in [2.75, 3.05) is 5.32 Å². The van der Waals surface area contributed by atoms with Crippen LogP contribution in [0.4, 0.5) is 10.1 Å². The molecule has 2 rings (SSSR count). The molecule has 0 aromatic heterocycles. The Balaban J connectivity index is 2.21. The second kappa shape index (κ2) is 3.54. The molecule has 1 aliphatic rings. The lowest BCUT2D eigenvalue weighted by molar-refractivity contribution is 0.342. The standard InChI is InChI=1S/C12H13FN2/c1-9-4-5-11(10(13)8-9)15-12(14-2)6-3-7-12/h4-5,8,15H,3,6-7H2,1H3. The van der Waals surface area contributed by atoms with Crippen molar-refractivity contribution in [3.63, 3.8) is 0 Å². The normalized spacial score (nSPS) is 17.7. The second-order valence-corrected chi connectivity index (χ2v) is 4.11. The molecule has 0 heterocycles. The number of hydrogen-bond donors (Lipinski definition) is 1. The fourth-order valence-electron chi connectivity index (χ4n) is 1.75. The van der Waals surface area contributed by atoms with E-state index >= 15 is 0 Å². The van der Waals surface area contributed by atoms with Gasteiger partial charge in [0.2, 0.25) is 0 Å². The molecule has 0 atom stereocenters. The van der Waals surface area contributed by atoms with Gasteiger partial charge in [0.05, 0.1) is 5.69 Å². The fraction of sp³-hybridized carbons (Fsp3) is 0.417. The van der Waals surface area contributed by atoms with Gasteiger partial charge in [-0.3, -0.25) is 4.85 Å². The van der Waals surface area contributed by atoms with Crippen LogP contribution in [0.5, 0.6) is 0 Å². The van der Waals surface area contributed by atoms with Gasteiger partial charge in [-0.1, -0.05) is 6.07 Å². The number of nitrogens with one attached hydrogen (secondary N) is 1. The molecule has 1 N–H and O–H groups in total. The van der Waals surface area contributed by atoms with Crippen molar-refractivity contribution in [2.24, 2.45) is 0 Å². The summed E-state index contributed by atoms with van der Waals surface area (Å²) in [6.07, 6.45) is 2.66. The van der Waals surface area contributed by atoms with Crippen LogP contribution in [0, 0.1) is 19.3 Å².